The first-order valence-electron chi connectivity index (χ1n) is 6.22. The third-order valence-electron chi connectivity index (χ3n) is 2.59. The molecule has 1 N–H and O–H groups in total. The Morgan fingerprint density at radius 3 is 2.50 bits per heavy atom. The summed E-state index contributed by atoms with van der Waals surface area (Å²) in [6.07, 6.45) is 5.36. The summed E-state index contributed by atoms with van der Waals surface area (Å²) >= 11 is 0. The third-order valence-corrected chi connectivity index (χ3v) is 2.59. The molecule has 0 bridgehead atoms. The van der Waals surface area contributed by atoms with Crippen molar-refractivity contribution in [2.75, 3.05) is 13.7 Å². The van der Waals surface area contributed by atoms with E-state index in [1.54, 1.807) is 7.11 Å². The van der Waals surface area contributed by atoms with E-state index >= 15 is 0 Å². The summed E-state index contributed by atoms with van der Waals surface area (Å²) in [7, 11) is 1.55. The maximum Gasteiger partial charge on any atom is 0.139 e. The van der Waals surface area contributed by atoms with E-state index in [4.69, 9.17) is 4.74 Å². The lowest BCUT2D eigenvalue weighted by Gasteiger charge is -2.08. The maximum absolute atomic E-state index is 9.59. The number of aliphatic hydroxyl groups excluding tert-OH is 1. The van der Waals surface area contributed by atoms with E-state index < -0.39 is 6.10 Å². The molecule has 2 heterocycles. The van der Waals surface area contributed by atoms with Gasteiger partial charge in [-0.25, -0.2) is 29.9 Å². The van der Waals surface area contributed by atoms with Gasteiger partial charge in [0.1, 0.15) is 36.5 Å². The van der Waals surface area contributed by atoms with Crippen LogP contribution < -0.4 is 0 Å². The molecule has 0 aliphatic heterocycles. The van der Waals surface area contributed by atoms with E-state index in [0.717, 1.165) is 0 Å². The zero-order chi connectivity index (χ0) is 14.2. The normalized spacial score (nSPS) is 12.3. The van der Waals surface area contributed by atoms with E-state index in [9.17, 15) is 5.11 Å². The lowest BCUT2D eigenvalue weighted by Crippen LogP contribution is -2.16. The summed E-state index contributed by atoms with van der Waals surface area (Å²) in [5, 5.41) is 9.59. The van der Waals surface area contributed by atoms with E-state index in [0.29, 0.717) is 43.3 Å². The highest BCUT2D eigenvalue weighted by atomic mass is 16.5. The second-order valence-electron chi connectivity index (χ2n) is 4.20. The summed E-state index contributed by atoms with van der Waals surface area (Å²) in [5.74, 6) is 1.85. The quantitative estimate of drug-likeness (QED) is 0.727. The molecule has 8 heteroatoms. The monoisotopic (exact) mass is 276 g/mol. The molecule has 8 nitrogen and oxygen atoms in total. The average Bonchev–Trinajstić information content (AvgIpc) is 2.47. The van der Waals surface area contributed by atoms with Gasteiger partial charge in [0.25, 0.3) is 0 Å². The van der Waals surface area contributed by atoms with Crippen molar-refractivity contribution in [3.63, 3.8) is 0 Å². The van der Waals surface area contributed by atoms with Crippen LogP contribution >= 0.6 is 0 Å². The van der Waals surface area contributed by atoms with Crippen LogP contribution in [0.5, 0.6) is 0 Å². The molecule has 2 aromatic rings. The number of ether oxygens (including phenoxy) is 1. The molecule has 0 aliphatic carbocycles. The van der Waals surface area contributed by atoms with Gasteiger partial charge in [-0.15, -0.1) is 0 Å². The van der Waals surface area contributed by atoms with Crippen molar-refractivity contribution in [1.29, 1.82) is 0 Å². The van der Waals surface area contributed by atoms with Gasteiger partial charge < -0.3 is 9.84 Å². The minimum atomic E-state index is -0.510. The molecular weight excluding hydrogens is 260 g/mol. The molecule has 0 aliphatic rings. The number of nitrogens with zero attached hydrogens (tertiary/aromatic N) is 6. The largest absolute Gasteiger partial charge is 0.391 e. The molecular formula is C12H16N6O2. The van der Waals surface area contributed by atoms with Gasteiger partial charge in [0.2, 0.25) is 0 Å². The number of hydrogen-bond acceptors (Lipinski definition) is 8. The molecule has 0 fully saturated rings. The number of methoxy groups -OCH3 is 1. The van der Waals surface area contributed by atoms with Crippen molar-refractivity contribution >= 4 is 0 Å². The molecule has 0 saturated carbocycles. The summed E-state index contributed by atoms with van der Waals surface area (Å²) in [6.45, 7) is 0.308. The number of hydrogen-bond donors (Lipinski definition) is 1. The van der Waals surface area contributed by atoms with Crippen LogP contribution in [0.15, 0.2) is 19.0 Å². The van der Waals surface area contributed by atoms with Gasteiger partial charge in [-0.05, 0) is 6.42 Å². The van der Waals surface area contributed by atoms with Crippen LogP contribution in [0, 0.1) is 0 Å². The smallest absolute Gasteiger partial charge is 0.139 e. The Morgan fingerprint density at radius 2 is 1.75 bits per heavy atom. The van der Waals surface area contributed by atoms with Crippen LogP contribution in [-0.4, -0.2) is 54.8 Å². The molecule has 106 valence electrons. The van der Waals surface area contributed by atoms with Gasteiger partial charge in [0.15, 0.2) is 0 Å². The Hall–Kier alpha value is -2.06. The number of rotatable bonds is 7. The molecule has 0 spiro atoms. The van der Waals surface area contributed by atoms with Gasteiger partial charge in [-0.1, -0.05) is 0 Å². The van der Waals surface area contributed by atoms with Gasteiger partial charge in [0, 0.05) is 13.5 Å². The predicted molar refractivity (Wildman–Crippen MR) is 68.7 cm³/mol. The van der Waals surface area contributed by atoms with Crippen molar-refractivity contribution in [3.05, 3.63) is 36.5 Å². The highest BCUT2D eigenvalue weighted by Gasteiger charge is 2.08. The Morgan fingerprint density at radius 1 is 1.05 bits per heavy atom. The first kappa shape index (κ1) is 14.4. The van der Waals surface area contributed by atoms with E-state index in [-0.39, 0.29) is 0 Å². The van der Waals surface area contributed by atoms with E-state index in [1.807, 2.05) is 0 Å². The lowest BCUT2D eigenvalue weighted by atomic mass is 10.2. The molecule has 2 rings (SSSR count). The van der Waals surface area contributed by atoms with E-state index in [1.165, 1.54) is 19.0 Å². The highest BCUT2D eigenvalue weighted by Crippen LogP contribution is 2.02. The molecule has 1 atom stereocenters. The molecule has 0 amide bonds. The van der Waals surface area contributed by atoms with Gasteiger partial charge in [-0.2, -0.15) is 0 Å². The van der Waals surface area contributed by atoms with Crippen LogP contribution in [0.1, 0.15) is 23.9 Å². The topological polar surface area (TPSA) is 107 Å². The van der Waals surface area contributed by atoms with E-state index in [2.05, 4.69) is 29.9 Å². The van der Waals surface area contributed by atoms with Crippen molar-refractivity contribution in [2.45, 2.75) is 25.4 Å². The molecule has 0 radical (unpaired) electrons. The average molecular weight is 276 g/mol. The first-order valence-corrected chi connectivity index (χ1v) is 6.22. The van der Waals surface area contributed by atoms with Crippen molar-refractivity contribution in [3.8, 4) is 0 Å². The van der Waals surface area contributed by atoms with Gasteiger partial charge in [-0.3, -0.25) is 0 Å². The van der Waals surface area contributed by atoms with Crippen LogP contribution in [0.4, 0.5) is 0 Å². The molecule has 1 unspecified atom stereocenters. The minimum Gasteiger partial charge on any atom is -0.391 e. The summed E-state index contributed by atoms with van der Waals surface area (Å²) < 4.78 is 4.87. The maximum atomic E-state index is 9.59. The first-order chi connectivity index (χ1) is 9.78. The van der Waals surface area contributed by atoms with Crippen molar-refractivity contribution in [1.82, 2.24) is 29.9 Å². The fraction of sp³-hybridized carbons (Fsp3) is 0.500. The van der Waals surface area contributed by atoms with Crippen molar-refractivity contribution < 1.29 is 9.84 Å². The second kappa shape index (κ2) is 7.51. The van der Waals surface area contributed by atoms with Crippen LogP contribution in [-0.2, 0) is 17.6 Å². The summed E-state index contributed by atoms with van der Waals surface area (Å²) in [4.78, 5) is 24.3. The molecule has 0 aromatic carbocycles. The number of aromatic nitrogens is 6. The van der Waals surface area contributed by atoms with Gasteiger partial charge in [0.05, 0.1) is 19.1 Å². The second-order valence-corrected chi connectivity index (χ2v) is 4.20. The zero-order valence-electron chi connectivity index (χ0n) is 11.2. The lowest BCUT2D eigenvalue weighted by molar-refractivity contribution is 0.0592. The fourth-order valence-electron chi connectivity index (χ4n) is 1.64. The van der Waals surface area contributed by atoms with Crippen molar-refractivity contribution in [2.24, 2.45) is 0 Å². The zero-order valence-corrected chi connectivity index (χ0v) is 11.2. The Balaban J connectivity index is 1.94. The number of aryl methyl sites for hydroxylation is 1. The molecule has 2 aromatic heterocycles. The summed E-state index contributed by atoms with van der Waals surface area (Å²) in [5.41, 5.74) is 0. The highest BCUT2D eigenvalue weighted by molar-refractivity contribution is 4.99. The Labute approximate surface area is 116 Å². The van der Waals surface area contributed by atoms with Crippen LogP contribution in [0.25, 0.3) is 0 Å². The standard InChI is InChI=1S/C12H16N6O2/c1-20-5-9(19)2-3-10-16-8-17-12(18-10)4-11-14-6-13-7-15-11/h6-9,19H,2-5H2,1H3. The van der Waals surface area contributed by atoms with Crippen LogP contribution in [0.2, 0.25) is 0 Å². The fourth-order valence-corrected chi connectivity index (χ4v) is 1.64. The van der Waals surface area contributed by atoms with Gasteiger partial charge >= 0.3 is 0 Å². The minimum absolute atomic E-state index is 0.308. The molecule has 20 heavy (non-hydrogen) atoms. The Bertz CT molecular complexity index is 524. The Kier molecular flexibility index (Phi) is 5.39. The number of aliphatic hydroxyl groups is 1. The third kappa shape index (κ3) is 4.56. The summed E-state index contributed by atoms with van der Waals surface area (Å²) in [6, 6.07) is 0. The predicted octanol–water partition coefficient (Wildman–Crippen LogP) is -0.413. The van der Waals surface area contributed by atoms with Crippen LogP contribution in [0.3, 0.4) is 0 Å². The SMILES string of the molecule is COCC(O)CCc1ncnc(Cc2ncncn2)n1. The molecule has 0 saturated heterocycles.